The number of Topliss-reactive ketones (excluding diaryl/α,β-unsaturated/α-hetero) is 1. The largest absolute Gasteiger partial charge is 0.454 e. The molecule has 3 aromatic carbocycles. The number of halogens is 3. The smallest absolute Gasteiger partial charge is 0.416 e. The van der Waals surface area contributed by atoms with Crippen LogP contribution in [0.3, 0.4) is 0 Å². The van der Waals surface area contributed by atoms with Gasteiger partial charge in [0, 0.05) is 49.1 Å². The Morgan fingerprint density at radius 2 is 1.68 bits per heavy atom. The van der Waals surface area contributed by atoms with Crippen molar-refractivity contribution in [1.82, 2.24) is 9.47 Å². The Kier molecular flexibility index (Phi) is 7.88. The summed E-state index contributed by atoms with van der Waals surface area (Å²) in [5.74, 6) is 0.752. The molecule has 0 N–H and O–H groups in total. The maximum Gasteiger partial charge on any atom is 0.416 e. The molecule has 0 radical (unpaired) electrons. The molecule has 1 aliphatic heterocycles. The maximum atomic E-state index is 13.3. The molecule has 41 heavy (non-hydrogen) atoms. The highest BCUT2D eigenvalue weighted by atomic mass is 19.4. The van der Waals surface area contributed by atoms with Gasteiger partial charge in [-0.3, -0.25) is 9.59 Å². The van der Waals surface area contributed by atoms with Gasteiger partial charge in [0.05, 0.1) is 5.56 Å². The predicted octanol–water partition coefficient (Wildman–Crippen LogP) is 6.80. The van der Waals surface area contributed by atoms with Crippen LogP contribution in [0.1, 0.15) is 44.0 Å². The summed E-state index contributed by atoms with van der Waals surface area (Å²) in [6.07, 6.45) is -4.00. The predicted molar refractivity (Wildman–Crippen MR) is 148 cm³/mol. The van der Waals surface area contributed by atoms with E-state index in [1.54, 1.807) is 30.1 Å². The lowest BCUT2D eigenvalue weighted by atomic mass is 10.0. The van der Waals surface area contributed by atoms with E-state index in [2.05, 4.69) is 0 Å². The van der Waals surface area contributed by atoms with Crippen molar-refractivity contribution in [2.75, 3.05) is 20.4 Å². The van der Waals surface area contributed by atoms with Crippen LogP contribution in [-0.2, 0) is 19.1 Å². The van der Waals surface area contributed by atoms with Crippen molar-refractivity contribution >= 4 is 11.7 Å². The lowest BCUT2D eigenvalue weighted by Crippen LogP contribution is -2.28. The highest BCUT2D eigenvalue weighted by molar-refractivity contribution is 6.00. The maximum absolute atomic E-state index is 13.3. The van der Waals surface area contributed by atoms with Gasteiger partial charge in [-0.25, -0.2) is 0 Å². The van der Waals surface area contributed by atoms with Gasteiger partial charge in [-0.1, -0.05) is 48.5 Å². The summed E-state index contributed by atoms with van der Waals surface area (Å²) in [5.41, 5.74) is 2.97. The van der Waals surface area contributed by atoms with E-state index in [1.807, 2.05) is 47.9 Å². The number of carbonyl (C=O) groups excluding carboxylic acids is 2. The van der Waals surface area contributed by atoms with E-state index in [0.29, 0.717) is 47.7 Å². The second-order valence-electron chi connectivity index (χ2n) is 9.99. The van der Waals surface area contributed by atoms with Crippen LogP contribution >= 0.6 is 0 Å². The van der Waals surface area contributed by atoms with Crippen LogP contribution < -0.4 is 9.47 Å². The average Bonchev–Trinajstić information content (AvgIpc) is 3.56. The summed E-state index contributed by atoms with van der Waals surface area (Å²) in [6.45, 7) is 2.97. The summed E-state index contributed by atoms with van der Waals surface area (Å²) in [5, 5.41) is 0. The number of carbonyl (C=O) groups is 2. The van der Waals surface area contributed by atoms with Crippen LogP contribution in [-0.4, -0.2) is 41.5 Å². The average molecular weight is 563 g/mol. The van der Waals surface area contributed by atoms with E-state index in [9.17, 15) is 22.8 Å². The normalized spacial score (nSPS) is 12.4. The Bertz CT molecular complexity index is 1580. The zero-order valence-electron chi connectivity index (χ0n) is 22.7. The van der Waals surface area contributed by atoms with Crippen molar-refractivity contribution in [3.05, 3.63) is 107 Å². The first-order chi connectivity index (χ1) is 19.6. The monoisotopic (exact) mass is 562 g/mol. The molecular weight excluding hydrogens is 533 g/mol. The quantitative estimate of drug-likeness (QED) is 0.211. The molecule has 0 bridgehead atoms. The number of fused-ring (bicyclic) bond motifs is 1. The zero-order valence-corrected chi connectivity index (χ0v) is 22.7. The fourth-order valence-corrected chi connectivity index (χ4v) is 5.02. The molecule has 0 saturated heterocycles. The van der Waals surface area contributed by atoms with Gasteiger partial charge in [0.1, 0.15) is 0 Å². The SMILES string of the molecule is Cc1c(C(=O)Cc2cccc(C(F)(F)F)c2)cc(-c2ccccc2)n1CCCN(C)C(=O)c1ccc2c(c1)OCO2. The van der Waals surface area contributed by atoms with Crippen LogP contribution in [0.5, 0.6) is 11.5 Å². The van der Waals surface area contributed by atoms with Gasteiger partial charge in [0.2, 0.25) is 6.79 Å². The van der Waals surface area contributed by atoms with E-state index in [4.69, 9.17) is 9.47 Å². The third-order valence-corrected chi connectivity index (χ3v) is 7.20. The van der Waals surface area contributed by atoms with Crippen LogP contribution in [0, 0.1) is 6.92 Å². The Morgan fingerprint density at radius 3 is 2.44 bits per heavy atom. The lowest BCUT2D eigenvalue weighted by molar-refractivity contribution is -0.137. The van der Waals surface area contributed by atoms with Gasteiger partial charge in [0.15, 0.2) is 17.3 Å². The second-order valence-corrected chi connectivity index (χ2v) is 9.99. The Balaban J connectivity index is 1.33. The fraction of sp³-hybridized carbons (Fsp3) is 0.250. The highest BCUT2D eigenvalue weighted by Crippen LogP contribution is 2.33. The molecule has 4 aromatic rings. The Labute approximate surface area is 235 Å². The van der Waals surface area contributed by atoms with Crippen LogP contribution in [0.15, 0.2) is 78.9 Å². The van der Waals surface area contributed by atoms with Crippen molar-refractivity contribution < 1.29 is 32.2 Å². The summed E-state index contributed by atoms with van der Waals surface area (Å²) in [7, 11) is 1.73. The van der Waals surface area contributed by atoms with Crippen molar-refractivity contribution in [2.45, 2.75) is 32.5 Å². The van der Waals surface area contributed by atoms with Crippen molar-refractivity contribution in [1.29, 1.82) is 0 Å². The number of rotatable bonds is 9. The third-order valence-electron chi connectivity index (χ3n) is 7.20. The lowest BCUT2D eigenvalue weighted by Gasteiger charge is -2.19. The molecule has 9 heteroatoms. The Hall–Kier alpha value is -4.53. The summed E-state index contributed by atoms with van der Waals surface area (Å²) < 4.78 is 52.3. The fourth-order valence-electron chi connectivity index (χ4n) is 5.02. The minimum atomic E-state index is -4.48. The molecule has 0 spiro atoms. The first-order valence-electron chi connectivity index (χ1n) is 13.2. The standard InChI is InChI=1S/C32H29F3N2O4/c1-21-26(28(38)17-22-8-6-11-25(16-22)32(33,34)35)19-27(23-9-4-3-5-10-23)37(21)15-7-14-36(2)31(39)24-12-13-29-30(18-24)41-20-40-29/h3-6,8-13,16,18-19H,7,14-15,17,20H2,1-2H3. The van der Waals surface area contributed by atoms with E-state index >= 15 is 0 Å². The van der Waals surface area contributed by atoms with Crippen molar-refractivity contribution in [3.63, 3.8) is 0 Å². The number of hydrogen-bond donors (Lipinski definition) is 0. The van der Waals surface area contributed by atoms with Crippen LogP contribution in [0.4, 0.5) is 13.2 Å². The minimum absolute atomic E-state index is 0.132. The van der Waals surface area contributed by atoms with Gasteiger partial charge in [-0.15, -0.1) is 0 Å². The minimum Gasteiger partial charge on any atom is -0.454 e. The van der Waals surface area contributed by atoms with Gasteiger partial charge in [0.25, 0.3) is 5.91 Å². The summed E-state index contributed by atoms with van der Waals surface area (Å²) >= 11 is 0. The molecule has 1 amide bonds. The number of amides is 1. The zero-order chi connectivity index (χ0) is 29.1. The summed E-state index contributed by atoms with van der Waals surface area (Å²) in [6, 6.07) is 21.4. The second kappa shape index (κ2) is 11.5. The highest BCUT2D eigenvalue weighted by Gasteiger charge is 2.30. The number of ether oxygens (including phenoxy) is 2. The number of nitrogens with zero attached hydrogens (tertiary/aromatic N) is 2. The number of aromatic nitrogens is 1. The first-order valence-corrected chi connectivity index (χ1v) is 13.2. The molecule has 212 valence electrons. The van der Waals surface area contributed by atoms with E-state index < -0.39 is 11.7 Å². The summed E-state index contributed by atoms with van der Waals surface area (Å²) in [4.78, 5) is 28.0. The number of alkyl halides is 3. The molecular formula is C32H29F3N2O4. The van der Waals surface area contributed by atoms with Gasteiger partial charge in [-0.05, 0) is 54.8 Å². The number of benzene rings is 3. The van der Waals surface area contributed by atoms with Crippen LogP contribution in [0.25, 0.3) is 11.3 Å². The first kappa shape index (κ1) is 28.0. The molecule has 5 rings (SSSR count). The van der Waals surface area contributed by atoms with Gasteiger partial charge < -0.3 is 18.9 Å². The van der Waals surface area contributed by atoms with E-state index in [0.717, 1.165) is 29.1 Å². The molecule has 2 heterocycles. The third kappa shape index (κ3) is 6.14. The van der Waals surface area contributed by atoms with Gasteiger partial charge >= 0.3 is 6.18 Å². The Morgan fingerprint density at radius 1 is 0.927 bits per heavy atom. The van der Waals surface area contributed by atoms with Crippen molar-refractivity contribution in [3.8, 4) is 22.8 Å². The van der Waals surface area contributed by atoms with Gasteiger partial charge in [-0.2, -0.15) is 13.2 Å². The topological polar surface area (TPSA) is 60.8 Å². The van der Waals surface area contributed by atoms with Crippen molar-refractivity contribution in [2.24, 2.45) is 0 Å². The van der Waals surface area contributed by atoms with Crippen LogP contribution in [0.2, 0.25) is 0 Å². The molecule has 0 saturated carbocycles. The molecule has 1 aliphatic rings. The molecule has 6 nitrogen and oxygen atoms in total. The molecule has 0 atom stereocenters. The molecule has 0 aliphatic carbocycles. The number of hydrogen-bond acceptors (Lipinski definition) is 4. The van der Waals surface area contributed by atoms with E-state index in [-0.39, 0.29) is 24.9 Å². The molecule has 0 fully saturated rings. The number of ketones is 1. The molecule has 0 unspecified atom stereocenters. The van der Waals surface area contributed by atoms with E-state index in [1.165, 1.54) is 12.1 Å². The molecule has 1 aromatic heterocycles.